The minimum absolute atomic E-state index is 0.0266. The van der Waals surface area contributed by atoms with Crippen molar-refractivity contribution in [2.45, 2.75) is 27.7 Å². The summed E-state index contributed by atoms with van der Waals surface area (Å²) in [4.78, 5) is 0. The third-order valence-corrected chi connectivity index (χ3v) is 3.91. The first-order chi connectivity index (χ1) is 9.06. The van der Waals surface area contributed by atoms with Gasteiger partial charge in [0.1, 0.15) is 11.5 Å². The van der Waals surface area contributed by atoms with Crippen molar-refractivity contribution in [1.29, 1.82) is 0 Å². The summed E-state index contributed by atoms with van der Waals surface area (Å²) in [6, 6.07) is 12.1. The van der Waals surface area contributed by atoms with E-state index in [0.29, 0.717) is 0 Å². The molecule has 19 heavy (non-hydrogen) atoms. The Morgan fingerprint density at radius 1 is 0.632 bits per heavy atom. The number of benzene rings is 2. The Kier molecular flexibility index (Phi) is 4.44. The van der Waals surface area contributed by atoms with Crippen molar-refractivity contribution in [3.63, 3.8) is 0 Å². The molecule has 100 valence electrons. The molecule has 0 radical (unpaired) electrons. The monoisotopic (exact) mass is 274 g/mol. The van der Waals surface area contributed by atoms with Crippen LogP contribution in [0.3, 0.4) is 0 Å². The average Bonchev–Trinajstić information content (AvgIpc) is 2.38. The fourth-order valence-electron chi connectivity index (χ4n) is 1.67. The third-order valence-electron chi connectivity index (χ3n) is 3.28. The van der Waals surface area contributed by atoms with E-state index in [-0.39, 0.29) is 9.03 Å². The van der Waals surface area contributed by atoms with Crippen LogP contribution in [-0.4, -0.2) is 0 Å². The van der Waals surface area contributed by atoms with Gasteiger partial charge in [0.25, 0.3) is 9.03 Å². The van der Waals surface area contributed by atoms with Crippen molar-refractivity contribution in [3.8, 4) is 11.5 Å². The lowest BCUT2D eigenvalue weighted by atomic mass is 10.1. The Bertz CT molecular complexity index is 527. The molecule has 0 aliphatic carbocycles. The van der Waals surface area contributed by atoms with Gasteiger partial charge in [0.2, 0.25) is 0 Å². The minimum Gasteiger partial charge on any atom is -0.441 e. The first-order valence-electron chi connectivity index (χ1n) is 6.29. The Morgan fingerprint density at radius 3 is 1.42 bits per heavy atom. The zero-order chi connectivity index (χ0) is 13.8. The van der Waals surface area contributed by atoms with Gasteiger partial charge in [0.05, 0.1) is 0 Å². The minimum atomic E-state index is -0.0266. The molecule has 2 nitrogen and oxygen atoms in total. The summed E-state index contributed by atoms with van der Waals surface area (Å²) in [7, 11) is -0.0266. The molecule has 0 amide bonds. The molecule has 0 atom stereocenters. The van der Waals surface area contributed by atoms with Gasteiger partial charge in [-0.25, -0.2) is 0 Å². The van der Waals surface area contributed by atoms with E-state index in [1.165, 1.54) is 22.3 Å². The van der Waals surface area contributed by atoms with Gasteiger partial charge >= 0.3 is 0 Å². The maximum absolute atomic E-state index is 5.62. The van der Waals surface area contributed by atoms with E-state index >= 15 is 0 Å². The van der Waals surface area contributed by atoms with Gasteiger partial charge in [-0.1, -0.05) is 12.1 Å². The highest BCUT2D eigenvalue weighted by atomic mass is 31.1. The first-order valence-corrected chi connectivity index (χ1v) is 7.11. The summed E-state index contributed by atoms with van der Waals surface area (Å²) < 4.78 is 11.2. The summed E-state index contributed by atoms with van der Waals surface area (Å²) in [5, 5.41) is 0. The molecule has 0 aromatic heterocycles. The molecule has 0 N–H and O–H groups in total. The van der Waals surface area contributed by atoms with E-state index in [9.17, 15) is 0 Å². The van der Waals surface area contributed by atoms with Crippen LogP contribution in [-0.2, 0) is 0 Å². The van der Waals surface area contributed by atoms with Gasteiger partial charge < -0.3 is 9.05 Å². The third kappa shape index (κ3) is 3.71. The average molecular weight is 274 g/mol. The molecule has 0 aliphatic rings. The van der Waals surface area contributed by atoms with Gasteiger partial charge in [-0.3, -0.25) is 0 Å². The van der Waals surface area contributed by atoms with Gasteiger partial charge in [0, 0.05) is 0 Å². The number of rotatable bonds is 4. The summed E-state index contributed by atoms with van der Waals surface area (Å²) >= 11 is 0. The molecule has 0 aliphatic heterocycles. The molecule has 0 heterocycles. The van der Waals surface area contributed by atoms with Gasteiger partial charge in [-0.15, -0.1) is 0 Å². The predicted octanol–water partition coefficient (Wildman–Crippen LogP) is 4.89. The molecule has 0 fully saturated rings. The molecule has 2 rings (SSSR count). The van der Waals surface area contributed by atoms with Gasteiger partial charge in [-0.05, 0) is 74.2 Å². The zero-order valence-corrected chi connectivity index (χ0v) is 12.8. The van der Waals surface area contributed by atoms with E-state index in [1.54, 1.807) is 0 Å². The number of aryl methyl sites for hydroxylation is 4. The maximum Gasteiger partial charge on any atom is 0.275 e. The fourth-order valence-corrected chi connectivity index (χ4v) is 2.16. The van der Waals surface area contributed by atoms with E-state index in [4.69, 9.17) is 9.05 Å². The smallest absolute Gasteiger partial charge is 0.275 e. The second kappa shape index (κ2) is 6.08. The van der Waals surface area contributed by atoms with Crippen molar-refractivity contribution in [3.05, 3.63) is 58.7 Å². The standard InChI is InChI=1S/C16H19O2P/c1-11-5-7-15(9-13(11)3)17-19-18-16-8-6-12(2)14(4)10-16/h5-10,19H,1-4H3. The van der Waals surface area contributed by atoms with Crippen LogP contribution >= 0.6 is 9.03 Å². The van der Waals surface area contributed by atoms with Crippen molar-refractivity contribution in [2.24, 2.45) is 0 Å². The summed E-state index contributed by atoms with van der Waals surface area (Å²) in [5.74, 6) is 1.70. The van der Waals surface area contributed by atoms with Crippen LogP contribution < -0.4 is 9.05 Å². The molecule has 0 saturated carbocycles. The van der Waals surface area contributed by atoms with Crippen LogP contribution in [0, 0.1) is 27.7 Å². The van der Waals surface area contributed by atoms with Crippen molar-refractivity contribution < 1.29 is 9.05 Å². The normalized spacial score (nSPS) is 10.3. The number of hydrogen-bond acceptors (Lipinski definition) is 2. The highest BCUT2D eigenvalue weighted by Gasteiger charge is 2.00. The van der Waals surface area contributed by atoms with Crippen LogP contribution in [0.1, 0.15) is 22.3 Å². The lowest BCUT2D eigenvalue weighted by Gasteiger charge is -2.09. The largest absolute Gasteiger partial charge is 0.441 e. The molecule has 3 heteroatoms. The van der Waals surface area contributed by atoms with Crippen LogP contribution in [0.4, 0.5) is 0 Å². The lowest BCUT2D eigenvalue weighted by Crippen LogP contribution is -1.88. The van der Waals surface area contributed by atoms with E-state index in [2.05, 4.69) is 39.8 Å². The molecular formula is C16H19O2P. The van der Waals surface area contributed by atoms with Crippen LogP contribution in [0.5, 0.6) is 11.5 Å². The topological polar surface area (TPSA) is 18.5 Å². The van der Waals surface area contributed by atoms with E-state index in [1.807, 2.05) is 24.3 Å². The Labute approximate surface area is 116 Å². The molecule has 0 spiro atoms. The van der Waals surface area contributed by atoms with Crippen molar-refractivity contribution in [1.82, 2.24) is 0 Å². The van der Waals surface area contributed by atoms with E-state index < -0.39 is 0 Å². The second-order valence-corrected chi connectivity index (χ2v) is 5.35. The number of hydrogen-bond donors (Lipinski definition) is 0. The molecule has 2 aromatic carbocycles. The van der Waals surface area contributed by atoms with E-state index in [0.717, 1.165) is 11.5 Å². The van der Waals surface area contributed by atoms with Crippen LogP contribution in [0.2, 0.25) is 0 Å². The SMILES string of the molecule is Cc1ccc(OPOc2ccc(C)c(C)c2)cc1C. The lowest BCUT2D eigenvalue weighted by molar-refractivity contribution is 0.515. The Balaban J connectivity index is 1.92. The summed E-state index contributed by atoms with van der Waals surface area (Å²) in [5.41, 5.74) is 5.00. The van der Waals surface area contributed by atoms with Crippen LogP contribution in [0.25, 0.3) is 0 Å². The second-order valence-electron chi connectivity index (χ2n) is 4.78. The highest BCUT2D eigenvalue weighted by molar-refractivity contribution is 7.27. The quantitative estimate of drug-likeness (QED) is 0.739. The molecule has 2 aromatic rings. The van der Waals surface area contributed by atoms with Crippen molar-refractivity contribution >= 4 is 9.03 Å². The molecule has 0 bridgehead atoms. The Hall–Kier alpha value is -1.53. The fraction of sp³-hybridized carbons (Fsp3) is 0.250. The Morgan fingerprint density at radius 2 is 1.05 bits per heavy atom. The molecule has 0 saturated heterocycles. The van der Waals surface area contributed by atoms with Gasteiger partial charge in [0.15, 0.2) is 0 Å². The summed E-state index contributed by atoms with van der Waals surface area (Å²) in [6.07, 6.45) is 0. The summed E-state index contributed by atoms with van der Waals surface area (Å²) in [6.45, 7) is 8.34. The molecular weight excluding hydrogens is 255 g/mol. The highest BCUT2D eigenvalue weighted by Crippen LogP contribution is 2.27. The molecule has 0 unspecified atom stereocenters. The first kappa shape index (κ1) is 13.9. The maximum atomic E-state index is 5.62. The van der Waals surface area contributed by atoms with Gasteiger partial charge in [-0.2, -0.15) is 0 Å². The predicted molar refractivity (Wildman–Crippen MR) is 81.4 cm³/mol. The van der Waals surface area contributed by atoms with Crippen LogP contribution in [0.15, 0.2) is 36.4 Å². The zero-order valence-electron chi connectivity index (χ0n) is 11.8. The van der Waals surface area contributed by atoms with Crippen molar-refractivity contribution in [2.75, 3.05) is 0 Å².